The highest BCUT2D eigenvalue weighted by atomic mass is 31.2. The number of nitrogens with zero attached hydrogens (tertiary/aromatic N) is 1. The van der Waals surface area contributed by atoms with Crippen molar-refractivity contribution in [3.8, 4) is 0 Å². The SMILES string of the molecule is CC/C=C\C/C=C\C/C=C\C/C=C\C/C=C\C/C=C\CCCCCCCCCCCCCCCCCCCCC(=O)OC(COC(=O)CCCCCCCCCCC/C=C\C/C=C\C/C=C\C/C=C\C/C=C\CC)COP(=O)(O)OCC[N+](C)(C)C. The zero-order chi connectivity index (χ0) is 62.6. The Morgan fingerprint density at radius 3 is 0.930 bits per heavy atom. The third-order valence-electron chi connectivity index (χ3n) is 14.7. The van der Waals surface area contributed by atoms with Crippen LogP contribution in [0.1, 0.15) is 284 Å². The molecule has 0 heterocycles. The molecule has 0 aromatic carbocycles. The third-order valence-corrected chi connectivity index (χ3v) is 15.7. The highest BCUT2D eigenvalue weighted by Crippen LogP contribution is 2.43. The van der Waals surface area contributed by atoms with Crippen molar-refractivity contribution in [3.05, 3.63) is 134 Å². The normalized spacial score (nSPS) is 14.0. The van der Waals surface area contributed by atoms with E-state index in [0.29, 0.717) is 17.4 Å². The van der Waals surface area contributed by atoms with Crippen LogP contribution >= 0.6 is 7.82 Å². The minimum absolute atomic E-state index is 0.0260. The van der Waals surface area contributed by atoms with Crippen LogP contribution in [0.25, 0.3) is 0 Å². The lowest BCUT2D eigenvalue weighted by Crippen LogP contribution is -2.37. The van der Waals surface area contributed by atoms with Crippen molar-refractivity contribution in [1.82, 2.24) is 0 Å². The van der Waals surface area contributed by atoms with Crippen LogP contribution in [-0.2, 0) is 32.7 Å². The second kappa shape index (κ2) is 65.6. The summed E-state index contributed by atoms with van der Waals surface area (Å²) in [5.41, 5.74) is 0. The van der Waals surface area contributed by atoms with Crippen molar-refractivity contribution in [2.45, 2.75) is 290 Å². The van der Waals surface area contributed by atoms with Crippen LogP contribution in [0.15, 0.2) is 134 Å². The number of quaternary nitrogens is 1. The molecule has 0 radical (unpaired) electrons. The van der Waals surface area contributed by atoms with E-state index in [9.17, 15) is 19.0 Å². The summed E-state index contributed by atoms with van der Waals surface area (Å²) in [7, 11) is 1.47. The monoisotopic (exact) mass is 1220 g/mol. The molecule has 0 aromatic heterocycles. The summed E-state index contributed by atoms with van der Waals surface area (Å²) in [4.78, 5) is 35.9. The summed E-state index contributed by atoms with van der Waals surface area (Å²) in [6, 6.07) is 0. The molecule has 0 aromatic rings. The summed E-state index contributed by atoms with van der Waals surface area (Å²) in [5, 5.41) is 0. The fraction of sp³-hybridized carbons (Fsp3) is 0.684. The van der Waals surface area contributed by atoms with E-state index in [1.165, 1.54) is 128 Å². The lowest BCUT2D eigenvalue weighted by molar-refractivity contribution is -0.870. The number of hydrogen-bond donors (Lipinski definition) is 1. The van der Waals surface area contributed by atoms with Crippen molar-refractivity contribution >= 4 is 19.8 Å². The topological polar surface area (TPSA) is 108 Å². The summed E-state index contributed by atoms with van der Waals surface area (Å²) in [6.07, 6.45) is 95.5. The zero-order valence-electron chi connectivity index (χ0n) is 56.0. The van der Waals surface area contributed by atoms with Crippen LogP contribution < -0.4 is 0 Å². The molecule has 86 heavy (non-hydrogen) atoms. The van der Waals surface area contributed by atoms with Crippen molar-refractivity contribution in [1.29, 1.82) is 0 Å². The average molecular weight is 1220 g/mol. The molecule has 0 saturated heterocycles. The van der Waals surface area contributed by atoms with Crippen molar-refractivity contribution in [3.63, 3.8) is 0 Å². The van der Waals surface area contributed by atoms with Crippen LogP contribution in [0, 0.1) is 0 Å². The van der Waals surface area contributed by atoms with Crippen molar-refractivity contribution in [2.24, 2.45) is 0 Å². The van der Waals surface area contributed by atoms with Gasteiger partial charge in [0.1, 0.15) is 19.8 Å². The quantitative estimate of drug-likeness (QED) is 0.0211. The molecule has 2 unspecified atom stereocenters. The molecule has 0 saturated carbocycles. The third kappa shape index (κ3) is 69.3. The van der Waals surface area contributed by atoms with Gasteiger partial charge >= 0.3 is 19.8 Å². The van der Waals surface area contributed by atoms with Gasteiger partial charge in [-0.15, -0.1) is 0 Å². The Kier molecular flexibility index (Phi) is 62.7. The van der Waals surface area contributed by atoms with Gasteiger partial charge in [-0.05, 0) is 109 Å². The fourth-order valence-electron chi connectivity index (χ4n) is 9.40. The molecule has 0 aliphatic carbocycles. The summed E-state index contributed by atoms with van der Waals surface area (Å²) >= 11 is 0. The Bertz CT molecular complexity index is 1910. The molecular weight excluding hydrogens is 1090 g/mol. The van der Waals surface area contributed by atoms with Gasteiger partial charge in [0.25, 0.3) is 0 Å². The number of likely N-dealkylation sites (N-methyl/N-ethyl adjacent to an activating group) is 1. The molecule has 0 bridgehead atoms. The molecule has 0 aliphatic heterocycles. The smallest absolute Gasteiger partial charge is 0.462 e. The Hall–Kier alpha value is -3.85. The minimum Gasteiger partial charge on any atom is -0.462 e. The van der Waals surface area contributed by atoms with Crippen LogP contribution in [0.4, 0.5) is 0 Å². The largest absolute Gasteiger partial charge is 0.472 e. The van der Waals surface area contributed by atoms with Gasteiger partial charge in [-0.3, -0.25) is 18.6 Å². The molecule has 1 N–H and O–H groups in total. The van der Waals surface area contributed by atoms with E-state index >= 15 is 0 Å². The predicted octanol–water partition coefficient (Wildman–Crippen LogP) is 22.8. The van der Waals surface area contributed by atoms with Gasteiger partial charge in [-0.1, -0.05) is 295 Å². The van der Waals surface area contributed by atoms with E-state index in [2.05, 4.69) is 148 Å². The first-order chi connectivity index (χ1) is 42.0. The summed E-state index contributed by atoms with van der Waals surface area (Å²) < 4.78 is 34.7. The zero-order valence-corrected chi connectivity index (χ0v) is 56.9. The van der Waals surface area contributed by atoms with Crippen LogP contribution in [-0.4, -0.2) is 74.9 Å². The molecule has 0 rings (SSSR count). The first kappa shape index (κ1) is 82.1. The fourth-order valence-corrected chi connectivity index (χ4v) is 10.1. The lowest BCUT2D eigenvalue weighted by Gasteiger charge is -2.24. The highest BCUT2D eigenvalue weighted by Gasteiger charge is 2.27. The second-order valence-corrected chi connectivity index (χ2v) is 25.6. The van der Waals surface area contributed by atoms with Gasteiger partial charge in [0.05, 0.1) is 27.7 Å². The minimum atomic E-state index is -4.40. The number of carbonyl (C=O) groups excluding carboxylic acids is 2. The molecule has 0 amide bonds. The predicted molar refractivity (Wildman–Crippen MR) is 371 cm³/mol. The molecular formula is C76H131NO8P+. The van der Waals surface area contributed by atoms with Gasteiger partial charge in [0.15, 0.2) is 6.10 Å². The number of unbranched alkanes of at least 4 members (excludes halogenated alkanes) is 27. The maximum Gasteiger partial charge on any atom is 0.472 e. The van der Waals surface area contributed by atoms with E-state index in [1.54, 1.807) is 0 Å². The lowest BCUT2D eigenvalue weighted by atomic mass is 10.0. The highest BCUT2D eigenvalue weighted by molar-refractivity contribution is 7.47. The number of allylic oxidation sites excluding steroid dienone is 22. The molecule has 10 heteroatoms. The van der Waals surface area contributed by atoms with E-state index in [-0.39, 0.29) is 32.0 Å². The summed E-state index contributed by atoms with van der Waals surface area (Å²) in [5.74, 6) is -0.803. The van der Waals surface area contributed by atoms with E-state index < -0.39 is 26.5 Å². The van der Waals surface area contributed by atoms with Crippen molar-refractivity contribution < 1.29 is 42.1 Å². The molecule has 492 valence electrons. The Labute approximate surface area is 530 Å². The molecule has 0 fully saturated rings. The number of phosphoric ester groups is 1. The summed E-state index contributed by atoms with van der Waals surface area (Å²) in [6.45, 7) is 4.21. The molecule has 0 aliphatic rings. The number of esters is 2. The molecule has 9 nitrogen and oxygen atoms in total. The van der Waals surface area contributed by atoms with Crippen LogP contribution in [0.3, 0.4) is 0 Å². The van der Waals surface area contributed by atoms with Gasteiger partial charge in [-0.25, -0.2) is 4.57 Å². The standard InChI is InChI=1S/C76H130NO8P/c1-6-8-10-12-14-16-18-20-22-24-26-28-30-32-33-34-35-36-37-38-39-40-41-42-43-45-47-49-51-53-55-57-59-61-63-65-67-69-76(79)85-74(73-84-86(80,81)83-71-70-77(3,4)5)72-82-75(78)68-66-64-62-60-58-56-54-52-50-48-46-44-31-29-27-25-23-21-19-17-15-13-11-9-7-2/h8-11,14-17,20-23,26-29,32-33,35-36,44,46,74H,6-7,12-13,18-19,24-25,30-31,34,37-43,45,47-73H2,1-5H3/p+1/b10-8-,11-9-,16-14-,17-15-,22-20-,23-21-,28-26-,29-27-,33-32-,36-35-,46-44-. The van der Waals surface area contributed by atoms with E-state index in [0.717, 1.165) is 122 Å². The number of phosphoric acid groups is 1. The van der Waals surface area contributed by atoms with Crippen LogP contribution in [0.5, 0.6) is 0 Å². The van der Waals surface area contributed by atoms with Gasteiger partial charge in [0.2, 0.25) is 0 Å². The Morgan fingerprint density at radius 1 is 0.360 bits per heavy atom. The molecule has 0 spiro atoms. The van der Waals surface area contributed by atoms with Gasteiger partial charge in [-0.2, -0.15) is 0 Å². The van der Waals surface area contributed by atoms with E-state index in [1.807, 2.05) is 21.1 Å². The first-order valence-electron chi connectivity index (χ1n) is 34.9. The first-order valence-corrected chi connectivity index (χ1v) is 36.4. The Balaban J connectivity index is 4.05. The Morgan fingerprint density at radius 2 is 0.628 bits per heavy atom. The number of hydrogen-bond acceptors (Lipinski definition) is 7. The molecule has 2 atom stereocenters. The average Bonchev–Trinajstić information content (AvgIpc) is 3.67. The van der Waals surface area contributed by atoms with Gasteiger partial charge in [0, 0.05) is 12.8 Å². The van der Waals surface area contributed by atoms with Crippen LogP contribution in [0.2, 0.25) is 0 Å². The van der Waals surface area contributed by atoms with Crippen molar-refractivity contribution in [2.75, 3.05) is 47.5 Å². The maximum atomic E-state index is 12.9. The van der Waals surface area contributed by atoms with Gasteiger partial charge < -0.3 is 18.9 Å². The number of carbonyl (C=O) groups is 2. The van der Waals surface area contributed by atoms with E-state index in [4.69, 9.17) is 18.5 Å². The number of rotatable bonds is 63. The maximum absolute atomic E-state index is 12.9. The second-order valence-electron chi connectivity index (χ2n) is 24.2. The number of ether oxygens (including phenoxy) is 2.